The van der Waals surface area contributed by atoms with E-state index in [4.69, 9.17) is 0 Å². The van der Waals surface area contributed by atoms with Gasteiger partial charge in [0.1, 0.15) is 5.82 Å². The van der Waals surface area contributed by atoms with E-state index in [2.05, 4.69) is 9.44 Å². The highest BCUT2D eigenvalue weighted by Crippen LogP contribution is 2.28. The average Bonchev–Trinajstić information content (AvgIpc) is 3.40. The molecule has 8 nitrogen and oxygen atoms in total. The van der Waals surface area contributed by atoms with Crippen molar-refractivity contribution < 1.29 is 26.0 Å². The molecule has 190 valence electrons. The Morgan fingerprint density at radius 2 is 1.31 bits per heavy atom. The second-order valence-electron chi connectivity index (χ2n) is 8.10. The van der Waals surface area contributed by atoms with Crippen LogP contribution in [0.3, 0.4) is 0 Å². The number of thioether (sulfide) groups is 1. The van der Waals surface area contributed by atoms with E-state index in [0.717, 1.165) is 25.0 Å². The number of halogens is 1. The fourth-order valence-corrected chi connectivity index (χ4v) is 6.47. The SMILES string of the molecule is CSc1ccc(S(=O)(=O)Nc2ccc(S(=O)(=O)Nc3ccc(F)cc3)cc2)cc1C(=O)N1CCCC1. The second kappa shape index (κ2) is 10.5. The molecular formula is C24H24FN3O5S3. The lowest BCUT2D eigenvalue weighted by Crippen LogP contribution is -2.28. The molecule has 36 heavy (non-hydrogen) atoms. The van der Waals surface area contributed by atoms with Gasteiger partial charge in [0, 0.05) is 29.4 Å². The predicted molar refractivity (Wildman–Crippen MR) is 138 cm³/mol. The number of nitrogens with zero attached hydrogens (tertiary/aromatic N) is 1. The van der Waals surface area contributed by atoms with Gasteiger partial charge in [-0.05, 0) is 85.8 Å². The number of amides is 1. The molecule has 12 heteroatoms. The summed E-state index contributed by atoms with van der Waals surface area (Å²) in [6.45, 7) is 1.29. The summed E-state index contributed by atoms with van der Waals surface area (Å²) in [7, 11) is -8.01. The van der Waals surface area contributed by atoms with Crippen LogP contribution >= 0.6 is 11.8 Å². The third kappa shape index (κ3) is 5.82. The topological polar surface area (TPSA) is 113 Å². The molecular weight excluding hydrogens is 525 g/mol. The van der Waals surface area contributed by atoms with Crippen LogP contribution in [0.1, 0.15) is 23.2 Å². The highest BCUT2D eigenvalue weighted by molar-refractivity contribution is 7.98. The monoisotopic (exact) mass is 549 g/mol. The number of nitrogens with one attached hydrogen (secondary N) is 2. The Balaban J connectivity index is 1.53. The summed E-state index contributed by atoms with van der Waals surface area (Å²) in [4.78, 5) is 15.2. The predicted octanol–water partition coefficient (Wildman–Crippen LogP) is 4.39. The van der Waals surface area contributed by atoms with Gasteiger partial charge in [0.15, 0.2) is 0 Å². The quantitative estimate of drug-likeness (QED) is 0.403. The van der Waals surface area contributed by atoms with E-state index < -0.39 is 25.9 Å². The summed E-state index contributed by atoms with van der Waals surface area (Å²) >= 11 is 1.37. The van der Waals surface area contributed by atoms with Crippen molar-refractivity contribution in [2.24, 2.45) is 0 Å². The molecule has 0 saturated carbocycles. The number of sulfonamides is 2. The van der Waals surface area contributed by atoms with Crippen LogP contribution in [0.4, 0.5) is 15.8 Å². The maximum atomic E-state index is 13.1. The van der Waals surface area contributed by atoms with Gasteiger partial charge in [0.05, 0.1) is 15.4 Å². The Labute approximate surface area is 214 Å². The molecule has 3 aromatic carbocycles. The molecule has 0 aliphatic carbocycles. The average molecular weight is 550 g/mol. The summed E-state index contributed by atoms with van der Waals surface area (Å²) in [6.07, 6.45) is 3.67. The molecule has 0 aromatic heterocycles. The molecule has 0 unspecified atom stereocenters. The zero-order valence-corrected chi connectivity index (χ0v) is 21.7. The van der Waals surface area contributed by atoms with Crippen molar-refractivity contribution in [3.63, 3.8) is 0 Å². The van der Waals surface area contributed by atoms with Crippen LogP contribution < -0.4 is 9.44 Å². The second-order valence-corrected chi connectivity index (χ2v) is 12.3. The number of carbonyl (C=O) groups is 1. The first kappa shape index (κ1) is 26.0. The van der Waals surface area contributed by atoms with Crippen molar-refractivity contribution >= 4 is 49.1 Å². The van der Waals surface area contributed by atoms with Crippen LogP contribution in [0, 0.1) is 5.82 Å². The number of hydrogen-bond acceptors (Lipinski definition) is 6. The molecule has 0 bridgehead atoms. The molecule has 1 aliphatic heterocycles. The Morgan fingerprint density at radius 1 is 0.806 bits per heavy atom. The molecule has 0 radical (unpaired) electrons. The molecule has 1 aliphatic rings. The van der Waals surface area contributed by atoms with Crippen molar-refractivity contribution in [2.75, 3.05) is 28.8 Å². The number of rotatable bonds is 8. The third-order valence-corrected chi connectivity index (χ3v) is 9.19. The fourth-order valence-electron chi connectivity index (χ4n) is 3.76. The van der Waals surface area contributed by atoms with Crippen molar-refractivity contribution in [3.05, 3.63) is 78.1 Å². The Bertz CT molecular complexity index is 1470. The molecule has 4 rings (SSSR count). The first-order valence-corrected chi connectivity index (χ1v) is 15.2. The van der Waals surface area contributed by atoms with Gasteiger partial charge < -0.3 is 4.90 Å². The van der Waals surface area contributed by atoms with E-state index in [1.165, 1.54) is 60.3 Å². The Kier molecular flexibility index (Phi) is 7.57. The minimum absolute atomic E-state index is 0.0717. The van der Waals surface area contributed by atoms with E-state index in [1.807, 2.05) is 6.26 Å². The van der Waals surface area contributed by atoms with E-state index in [0.29, 0.717) is 23.5 Å². The summed E-state index contributed by atoms with van der Waals surface area (Å²) in [5.74, 6) is -0.692. The normalized spacial score (nSPS) is 14.0. The first-order chi connectivity index (χ1) is 17.1. The zero-order valence-electron chi connectivity index (χ0n) is 19.3. The van der Waals surface area contributed by atoms with Gasteiger partial charge in [-0.25, -0.2) is 21.2 Å². The summed E-state index contributed by atoms with van der Waals surface area (Å²) in [6, 6.07) is 14.4. The van der Waals surface area contributed by atoms with E-state index in [9.17, 15) is 26.0 Å². The van der Waals surface area contributed by atoms with Crippen LogP contribution in [-0.2, 0) is 20.0 Å². The third-order valence-electron chi connectivity index (χ3n) is 5.62. The van der Waals surface area contributed by atoms with Crippen molar-refractivity contribution in [1.82, 2.24) is 4.90 Å². The lowest BCUT2D eigenvalue weighted by atomic mass is 10.2. The first-order valence-electron chi connectivity index (χ1n) is 11.0. The molecule has 3 aromatic rings. The molecule has 0 atom stereocenters. The van der Waals surface area contributed by atoms with Crippen LogP contribution in [0.15, 0.2) is 81.4 Å². The van der Waals surface area contributed by atoms with Crippen molar-refractivity contribution in [2.45, 2.75) is 27.5 Å². The van der Waals surface area contributed by atoms with Crippen LogP contribution in [0.5, 0.6) is 0 Å². The van der Waals surface area contributed by atoms with Crippen LogP contribution in [0.25, 0.3) is 0 Å². The zero-order chi connectivity index (χ0) is 25.9. The van der Waals surface area contributed by atoms with Gasteiger partial charge in [-0.15, -0.1) is 11.8 Å². The largest absolute Gasteiger partial charge is 0.339 e. The van der Waals surface area contributed by atoms with Crippen LogP contribution in [0.2, 0.25) is 0 Å². The van der Waals surface area contributed by atoms with Gasteiger partial charge in [-0.3, -0.25) is 14.2 Å². The minimum Gasteiger partial charge on any atom is -0.339 e. The Hall–Kier alpha value is -3.09. The van der Waals surface area contributed by atoms with Crippen molar-refractivity contribution in [1.29, 1.82) is 0 Å². The van der Waals surface area contributed by atoms with E-state index in [1.54, 1.807) is 11.0 Å². The standard InChI is InChI=1S/C24H24FN3O5S3/c1-34-23-13-12-21(16-22(23)24(29)28-14-2-3-15-28)36(32,33)27-19-8-10-20(11-9-19)35(30,31)26-18-6-4-17(25)5-7-18/h4-13,16,26-27H,2-3,14-15H2,1H3. The van der Waals surface area contributed by atoms with Gasteiger partial charge in [-0.1, -0.05) is 0 Å². The lowest BCUT2D eigenvalue weighted by molar-refractivity contribution is 0.0789. The highest BCUT2D eigenvalue weighted by atomic mass is 32.2. The Morgan fingerprint density at radius 3 is 1.86 bits per heavy atom. The van der Waals surface area contributed by atoms with E-state index >= 15 is 0 Å². The lowest BCUT2D eigenvalue weighted by Gasteiger charge is -2.18. The van der Waals surface area contributed by atoms with Crippen LogP contribution in [-0.4, -0.2) is 47.0 Å². The molecule has 1 heterocycles. The number of likely N-dealkylation sites (tertiary alicyclic amines) is 1. The maximum Gasteiger partial charge on any atom is 0.261 e. The number of carbonyl (C=O) groups excluding carboxylic acids is 1. The molecule has 1 fully saturated rings. The number of hydrogen-bond donors (Lipinski definition) is 2. The number of benzene rings is 3. The van der Waals surface area contributed by atoms with Crippen molar-refractivity contribution in [3.8, 4) is 0 Å². The van der Waals surface area contributed by atoms with E-state index in [-0.39, 0.29) is 27.1 Å². The summed E-state index contributed by atoms with van der Waals surface area (Å²) < 4.78 is 69.1. The van der Waals surface area contributed by atoms with Gasteiger partial charge in [-0.2, -0.15) is 0 Å². The molecule has 1 saturated heterocycles. The molecule has 0 spiro atoms. The maximum absolute atomic E-state index is 13.1. The smallest absolute Gasteiger partial charge is 0.261 e. The van der Waals surface area contributed by atoms with Gasteiger partial charge in [0.25, 0.3) is 26.0 Å². The number of anilines is 2. The summed E-state index contributed by atoms with van der Waals surface area (Å²) in [5.41, 5.74) is 0.673. The molecule has 2 N–H and O–H groups in total. The minimum atomic E-state index is -4.05. The van der Waals surface area contributed by atoms with Gasteiger partial charge >= 0.3 is 0 Å². The summed E-state index contributed by atoms with van der Waals surface area (Å²) in [5, 5.41) is 0. The fraction of sp³-hybridized carbons (Fsp3) is 0.208. The van der Waals surface area contributed by atoms with Gasteiger partial charge in [0.2, 0.25) is 0 Å². The highest BCUT2D eigenvalue weighted by Gasteiger charge is 2.25. The molecule has 1 amide bonds.